The lowest BCUT2D eigenvalue weighted by atomic mass is 10.1. The van der Waals surface area contributed by atoms with Crippen molar-refractivity contribution in [2.75, 3.05) is 5.73 Å². The molecule has 3 aromatic rings. The van der Waals surface area contributed by atoms with Gasteiger partial charge in [0.15, 0.2) is 0 Å². The van der Waals surface area contributed by atoms with Gasteiger partial charge in [-0.25, -0.2) is 4.98 Å². The molecule has 1 unspecified atom stereocenters. The van der Waals surface area contributed by atoms with E-state index < -0.39 is 0 Å². The number of anilines is 1. The molecule has 0 bridgehead atoms. The van der Waals surface area contributed by atoms with Crippen molar-refractivity contribution >= 4 is 16.7 Å². The van der Waals surface area contributed by atoms with Gasteiger partial charge in [-0.15, -0.1) is 0 Å². The summed E-state index contributed by atoms with van der Waals surface area (Å²) in [7, 11) is 0. The van der Waals surface area contributed by atoms with Crippen molar-refractivity contribution < 1.29 is 5.11 Å². The van der Waals surface area contributed by atoms with Gasteiger partial charge in [-0.05, 0) is 37.6 Å². The van der Waals surface area contributed by atoms with Crippen LogP contribution in [0.5, 0.6) is 0 Å². The maximum atomic E-state index is 9.61. The molecule has 3 N–H and O–H groups in total. The number of aliphatic hydroxyl groups excluding tert-OH is 1. The van der Waals surface area contributed by atoms with Crippen LogP contribution < -0.4 is 5.73 Å². The Morgan fingerprint density at radius 3 is 2.57 bits per heavy atom. The third kappa shape index (κ3) is 2.38. The monoisotopic (exact) mass is 281 g/mol. The summed E-state index contributed by atoms with van der Waals surface area (Å²) in [6.45, 7) is 4.09. The number of aliphatic hydroxyl groups is 1. The van der Waals surface area contributed by atoms with Crippen LogP contribution in [0, 0.1) is 6.92 Å². The number of aromatic nitrogens is 2. The highest BCUT2D eigenvalue weighted by Crippen LogP contribution is 2.27. The topological polar surface area (TPSA) is 64.1 Å². The third-order valence-electron chi connectivity index (χ3n) is 3.88. The third-order valence-corrected chi connectivity index (χ3v) is 3.88. The number of benzene rings is 2. The number of aryl methyl sites for hydroxylation is 1. The molecule has 0 aliphatic heterocycles. The van der Waals surface area contributed by atoms with E-state index in [1.807, 2.05) is 18.2 Å². The molecule has 1 heterocycles. The van der Waals surface area contributed by atoms with Gasteiger partial charge in [-0.1, -0.05) is 29.8 Å². The first-order valence-corrected chi connectivity index (χ1v) is 7.04. The zero-order valence-corrected chi connectivity index (χ0v) is 12.2. The minimum absolute atomic E-state index is 0.0925. The normalized spacial score (nSPS) is 12.7. The van der Waals surface area contributed by atoms with Gasteiger partial charge in [0, 0.05) is 5.69 Å². The number of hydrogen-bond donors (Lipinski definition) is 2. The number of nitrogens with zero attached hydrogens (tertiary/aromatic N) is 2. The second-order valence-corrected chi connectivity index (χ2v) is 5.39. The van der Waals surface area contributed by atoms with Crippen LogP contribution in [0.25, 0.3) is 11.0 Å². The number of imidazole rings is 1. The average molecular weight is 281 g/mol. The maximum absolute atomic E-state index is 9.61. The summed E-state index contributed by atoms with van der Waals surface area (Å²) < 4.78 is 2.07. The smallest absolute Gasteiger partial charge is 0.136 e. The van der Waals surface area contributed by atoms with Crippen LogP contribution in [-0.4, -0.2) is 14.7 Å². The van der Waals surface area contributed by atoms with Gasteiger partial charge in [0.1, 0.15) is 12.4 Å². The molecular weight excluding hydrogens is 262 g/mol. The van der Waals surface area contributed by atoms with Crippen LogP contribution in [-0.2, 0) is 6.61 Å². The van der Waals surface area contributed by atoms with E-state index in [0.717, 1.165) is 11.0 Å². The van der Waals surface area contributed by atoms with Gasteiger partial charge in [0.25, 0.3) is 0 Å². The van der Waals surface area contributed by atoms with Crippen LogP contribution in [0.2, 0.25) is 0 Å². The molecule has 0 radical (unpaired) electrons. The molecule has 0 saturated carbocycles. The molecular formula is C17H19N3O. The Hall–Kier alpha value is -2.33. The molecule has 0 amide bonds. The van der Waals surface area contributed by atoms with Crippen molar-refractivity contribution in [1.29, 1.82) is 0 Å². The highest BCUT2D eigenvalue weighted by atomic mass is 16.3. The highest BCUT2D eigenvalue weighted by Gasteiger charge is 2.16. The van der Waals surface area contributed by atoms with Crippen molar-refractivity contribution in [3.05, 3.63) is 59.4 Å². The molecule has 0 aliphatic rings. The summed E-state index contributed by atoms with van der Waals surface area (Å²) in [4.78, 5) is 4.49. The standard InChI is InChI=1S/C17H19N3O/c1-11-3-5-13(6-4-11)12(2)20-16-8-7-14(18)9-15(16)19-17(20)10-21/h3-9,12,21H,10,18H2,1-2H3. The quantitative estimate of drug-likeness (QED) is 0.725. The second kappa shape index (κ2) is 5.22. The highest BCUT2D eigenvalue weighted by molar-refractivity contribution is 5.80. The SMILES string of the molecule is Cc1ccc(C(C)n2c(CO)nc3cc(N)ccc32)cc1. The Balaban J connectivity index is 2.16. The lowest BCUT2D eigenvalue weighted by molar-refractivity contribution is 0.264. The fraction of sp³-hybridized carbons (Fsp3) is 0.235. The van der Waals surface area contributed by atoms with Gasteiger partial charge in [0.2, 0.25) is 0 Å². The number of nitrogens with two attached hydrogens (primary N) is 1. The fourth-order valence-electron chi connectivity index (χ4n) is 2.70. The van der Waals surface area contributed by atoms with Crippen LogP contribution in [0.15, 0.2) is 42.5 Å². The number of rotatable bonds is 3. The van der Waals surface area contributed by atoms with Crippen molar-refractivity contribution in [2.24, 2.45) is 0 Å². The molecule has 108 valence electrons. The first kappa shape index (κ1) is 13.6. The van der Waals surface area contributed by atoms with E-state index in [1.165, 1.54) is 11.1 Å². The number of fused-ring (bicyclic) bond motifs is 1. The largest absolute Gasteiger partial charge is 0.399 e. The van der Waals surface area contributed by atoms with E-state index >= 15 is 0 Å². The summed E-state index contributed by atoms with van der Waals surface area (Å²) >= 11 is 0. The van der Waals surface area contributed by atoms with Crippen LogP contribution in [0.3, 0.4) is 0 Å². The van der Waals surface area contributed by atoms with Gasteiger partial charge >= 0.3 is 0 Å². The van der Waals surface area contributed by atoms with Gasteiger partial charge in [-0.2, -0.15) is 0 Å². The predicted octanol–water partition coefficient (Wildman–Crippen LogP) is 3.03. The van der Waals surface area contributed by atoms with Crippen molar-refractivity contribution in [3.8, 4) is 0 Å². The zero-order valence-electron chi connectivity index (χ0n) is 12.2. The summed E-state index contributed by atoms with van der Waals surface area (Å²) in [5.41, 5.74) is 10.7. The molecule has 0 saturated heterocycles. The van der Waals surface area contributed by atoms with Crippen LogP contribution in [0.4, 0.5) is 5.69 Å². The molecule has 21 heavy (non-hydrogen) atoms. The maximum Gasteiger partial charge on any atom is 0.136 e. The minimum atomic E-state index is -0.0925. The average Bonchev–Trinajstić information content (AvgIpc) is 2.84. The Morgan fingerprint density at radius 2 is 1.90 bits per heavy atom. The van der Waals surface area contributed by atoms with Crippen molar-refractivity contribution in [3.63, 3.8) is 0 Å². The predicted molar refractivity (Wildman–Crippen MR) is 85.1 cm³/mol. The molecule has 0 aliphatic carbocycles. The molecule has 4 heteroatoms. The van der Waals surface area contributed by atoms with Gasteiger partial charge < -0.3 is 15.4 Å². The Morgan fingerprint density at radius 1 is 1.19 bits per heavy atom. The van der Waals surface area contributed by atoms with E-state index in [4.69, 9.17) is 5.73 Å². The molecule has 0 spiro atoms. The summed E-state index contributed by atoms with van der Waals surface area (Å²) in [5.74, 6) is 0.656. The van der Waals surface area contributed by atoms with E-state index in [2.05, 4.69) is 47.7 Å². The lowest BCUT2D eigenvalue weighted by Gasteiger charge is -2.18. The minimum Gasteiger partial charge on any atom is -0.399 e. The first-order valence-electron chi connectivity index (χ1n) is 7.04. The first-order chi connectivity index (χ1) is 10.1. The molecule has 1 atom stereocenters. The zero-order chi connectivity index (χ0) is 15.0. The molecule has 1 aromatic heterocycles. The Bertz CT molecular complexity index is 775. The van der Waals surface area contributed by atoms with Gasteiger partial charge in [-0.3, -0.25) is 0 Å². The fourth-order valence-corrected chi connectivity index (χ4v) is 2.70. The van der Waals surface area contributed by atoms with Gasteiger partial charge in [0.05, 0.1) is 17.1 Å². The number of nitrogen functional groups attached to an aromatic ring is 1. The Kier molecular flexibility index (Phi) is 3.39. The second-order valence-electron chi connectivity index (χ2n) is 5.39. The molecule has 3 rings (SSSR count). The molecule has 4 nitrogen and oxygen atoms in total. The van der Waals surface area contributed by atoms with E-state index in [1.54, 1.807) is 0 Å². The van der Waals surface area contributed by atoms with E-state index in [9.17, 15) is 5.11 Å². The summed E-state index contributed by atoms with van der Waals surface area (Å²) in [6.07, 6.45) is 0. The van der Waals surface area contributed by atoms with Crippen molar-refractivity contribution in [2.45, 2.75) is 26.5 Å². The summed E-state index contributed by atoms with van der Waals surface area (Å²) in [6, 6.07) is 14.2. The molecule has 2 aromatic carbocycles. The summed E-state index contributed by atoms with van der Waals surface area (Å²) in [5, 5.41) is 9.61. The van der Waals surface area contributed by atoms with E-state index in [0.29, 0.717) is 11.5 Å². The van der Waals surface area contributed by atoms with Crippen LogP contribution in [0.1, 0.15) is 29.9 Å². The Labute approximate surface area is 123 Å². The van der Waals surface area contributed by atoms with Crippen LogP contribution >= 0.6 is 0 Å². The van der Waals surface area contributed by atoms with E-state index in [-0.39, 0.29) is 12.6 Å². The number of hydrogen-bond acceptors (Lipinski definition) is 3. The lowest BCUT2D eigenvalue weighted by Crippen LogP contribution is -2.10. The van der Waals surface area contributed by atoms with Crippen molar-refractivity contribution in [1.82, 2.24) is 9.55 Å². The molecule has 0 fully saturated rings.